The fourth-order valence-electron chi connectivity index (χ4n) is 5.91. The Hall–Kier alpha value is -3.06. The van der Waals surface area contributed by atoms with Crippen LogP contribution in [0.25, 0.3) is 0 Å². The van der Waals surface area contributed by atoms with Crippen molar-refractivity contribution in [3.8, 4) is 0 Å². The fraction of sp³-hybridized carbons (Fsp3) is 0.500. The van der Waals surface area contributed by atoms with Crippen LogP contribution in [0, 0.1) is 12.7 Å². The van der Waals surface area contributed by atoms with E-state index in [0.29, 0.717) is 48.9 Å². The molecule has 0 unspecified atom stereocenters. The van der Waals surface area contributed by atoms with E-state index in [1.54, 1.807) is 13.0 Å². The first kappa shape index (κ1) is 33.4. The molecule has 0 saturated carbocycles. The molecule has 4 rings (SSSR count). The first-order chi connectivity index (χ1) is 18.9. The van der Waals surface area contributed by atoms with E-state index in [4.69, 9.17) is 5.73 Å². The molecule has 2 heterocycles. The van der Waals surface area contributed by atoms with E-state index in [-0.39, 0.29) is 30.6 Å². The molecule has 4 atom stereocenters. The Kier molecular flexibility index (Phi) is 9.48. The largest absolute Gasteiger partial charge is 0.416 e. The zero-order valence-corrected chi connectivity index (χ0v) is 23.9. The topological polar surface area (TPSA) is 78.7 Å². The molecule has 0 aliphatic carbocycles. The molecule has 2 aliphatic heterocycles. The summed E-state index contributed by atoms with van der Waals surface area (Å²) in [6, 6.07) is 2.49. The van der Waals surface area contributed by atoms with Crippen LogP contribution in [-0.4, -0.2) is 46.9 Å². The zero-order chi connectivity index (χ0) is 30.5. The average molecular weight is 625 g/mol. The summed E-state index contributed by atoms with van der Waals surface area (Å²) in [6.45, 7) is 3.21. The Bertz CT molecular complexity index is 1300. The smallest absolute Gasteiger partial charge is 0.368 e. The first-order valence-corrected chi connectivity index (χ1v) is 13.1. The summed E-state index contributed by atoms with van der Waals surface area (Å²) in [5, 5.41) is 3.30. The number of likely N-dealkylation sites (tertiary alicyclic amines) is 1. The molecule has 3 amide bonds. The van der Waals surface area contributed by atoms with Gasteiger partial charge in [-0.3, -0.25) is 4.79 Å². The Labute approximate surface area is 244 Å². The van der Waals surface area contributed by atoms with E-state index in [1.807, 2.05) is 0 Å². The number of nitrogens with one attached hydrogen (secondary N) is 1. The maximum atomic E-state index is 13.9. The van der Waals surface area contributed by atoms with Gasteiger partial charge in [0.05, 0.1) is 29.3 Å². The van der Waals surface area contributed by atoms with Crippen molar-refractivity contribution in [2.24, 2.45) is 5.73 Å². The molecule has 42 heavy (non-hydrogen) atoms. The maximum absolute atomic E-state index is 13.9. The number of hydrogen-bond donors (Lipinski definition) is 2. The van der Waals surface area contributed by atoms with Crippen LogP contribution in [0.3, 0.4) is 0 Å². The van der Waals surface area contributed by atoms with Gasteiger partial charge in [-0.15, -0.1) is 12.4 Å². The molecule has 0 radical (unpaired) electrons. The van der Waals surface area contributed by atoms with Crippen molar-refractivity contribution in [1.82, 2.24) is 15.1 Å². The molecule has 14 heteroatoms. The average Bonchev–Trinajstić information content (AvgIpc) is 3.29. The normalized spacial score (nSPS) is 23.4. The van der Waals surface area contributed by atoms with E-state index in [0.717, 1.165) is 4.90 Å². The lowest BCUT2D eigenvalue weighted by Gasteiger charge is -2.47. The van der Waals surface area contributed by atoms with Crippen molar-refractivity contribution in [2.75, 3.05) is 13.6 Å². The molecule has 6 nitrogen and oxygen atoms in total. The van der Waals surface area contributed by atoms with Gasteiger partial charge < -0.3 is 20.9 Å². The summed E-state index contributed by atoms with van der Waals surface area (Å²) in [5.74, 6) is -0.971. The van der Waals surface area contributed by atoms with Crippen LogP contribution < -0.4 is 11.1 Å². The summed E-state index contributed by atoms with van der Waals surface area (Å²) >= 11 is 0. The third-order valence-corrected chi connectivity index (χ3v) is 8.34. The predicted molar refractivity (Wildman–Crippen MR) is 143 cm³/mol. The zero-order valence-electron chi connectivity index (χ0n) is 23.1. The Morgan fingerprint density at radius 1 is 1.05 bits per heavy atom. The number of rotatable bonds is 4. The number of piperidine rings is 1. The molecule has 2 aromatic rings. The Balaban J connectivity index is 0.00000484. The van der Waals surface area contributed by atoms with Gasteiger partial charge in [0.1, 0.15) is 5.82 Å². The number of carbonyl (C=O) groups excluding carboxylic acids is 2. The van der Waals surface area contributed by atoms with Gasteiger partial charge in [0.25, 0.3) is 0 Å². The number of aryl methyl sites for hydroxylation is 1. The third kappa shape index (κ3) is 6.77. The summed E-state index contributed by atoms with van der Waals surface area (Å²) in [5.41, 5.74) is 2.91. The number of nitrogens with zero attached hydrogens (tertiary/aromatic N) is 2. The van der Waals surface area contributed by atoms with Gasteiger partial charge in [-0.1, -0.05) is 6.07 Å². The van der Waals surface area contributed by atoms with Gasteiger partial charge >= 0.3 is 18.4 Å². The quantitative estimate of drug-likeness (QED) is 0.380. The number of primary amides is 1. The van der Waals surface area contributed by atoms with Crippen molar-refractivity contribution in [1.29, 1.82) is 0 Å². The van der Waals surface area contributed by atoms with E-state index in [1.165, 1.54) is 31.0 Å². The van der Waals surface area contributed by atoms with Crippen LogP contribution in [0.15, 0.2) is 36.4 Å². The van der Waals surface area contributed by atoms with E-state index >= 15 is 0 Å². The summed E-state index contributed by atoms with van der Waals surface area (Å²) in [6.07, 6.45) is -8.16. The van der Waals surface area contributed by atoms with Crippen molar-refractivity contribution >= 4 is 24.3 Å². The Morgan fingerprint density at radius 2 is 1.64 bits per heavy atom. The highest BCUT2D eigenvalue weighted by atomic mass is 35.5. The molecule has 2 aliphatic rings. The maximum Gasteiger partial charge on any atom is 0.416 e. The van der Waals surface area contributed by atoms with Crippen LogP contribution in [0.2, 0.25) is 0 Å². The van der Waals surface area contributed by atoms with Crippen LogP contribution in [-0.2, 0) is 17.1 Å². The molecular weight excluding hydrogens is 593 g/mol. The number of alkyl halides is 6. The molecule has 2 saturated heterocycles. The lowest BCUT2D eigenvalue weighted by atomic mass is 9.79. The molecule has 2 aromatic carbocycles. The molecule has 232 valence electrons. The second-order valence-electron chi connectivity index (χ2n) is 11.0. The van der Waals surface area contributed by atoms with Gasteiger partial charge in [-0.2, -0.15) is 26.3 Å². The number of halogens is 8. The number of hydrogen-bond acceptors (Lipinski definition) is 3. The van der Waals surface area contributed by atoms with Crippen molar-refractivity contribution in [3.05, 3.63) is 70.0 Å². The van der Waals surface area contributed by atoms with E-state index in [2.05, 4.69) is 5.32 Å². The lowest BCUT2D eigenvalue weighted by molar-refractivity contribution is -0.143. The summed E-state index contributed by atoms with van der Waals surface area (Å²) < 4.78 is 94.7. The number of urea groups is 1. The monoisotopic (exact) mass is 624 g/mol. The van der Waals surface area contributed by atoms with Crippen LogP contribution in [0.4, 0.5) is 35.5 Å². The molecule has 2 fully saturated rings. The fourth-order valence-corrected chi connectivity index (χ4v) is 5.91. The molecule has 0 bridgehead atoms. The highest BCUT2D eigenvalue weighted by Gasteiger charge is 2.48. The minimum atomic E-state index is -5.03. The van der Waals surface area contributed by atoms with Crippen molar-refractivity contribution in [2.45, 2.75) is 75.5 Å². The Morgan fingerprint density at radius 3 is 2.14 bits per heavy atom. The highest BCUT2D eigenvalue weighted by Crippen LogP contribution is 2.44. The van der Waals surface area contributed by atoms with Gasteiger partial charge in [-0.05, 0) is 86.6 Å². The minimum absolute atomic E-state index is 0. The summed E-state index contributed by atoms with van der Waals surface area (Å²) in [4.78, 5) is 28.3. The second kappa shape index (κ2) is 11.9. The van der Waals surface area contributed by atoms with Gasteiger partial charge in [-0.25, -0.2) is 9.18 Å². The van der Waals surface area contributed by atoms with E-state index < -0.39 is 64.9 Å². The molecule has 1 spiro atoms. The third-order valence-electron chi connectivity index (χ3n) is 8.34. The second-order valence-corrected chi connectivity index (χ2v) is 11.0. The van der Waals surface area contributed by atoms with E-state index in [9.17, 15) is 40.3 Å². The molecular formula is C28H32ClF7N4O2. The van der Waals surface area contributed by atoms with Crippen molar-refractivity contribution < 1.29 is 40.3 Å². The number of benzene rings is 2. The van der Waals surface area contributed by atoms with Crippen LogP contribution in [0.5, 0.6) is 0 Å². The molecule has 3 N–H and O–H groups in total. The predicted octanol–water partition coefficient (Wildman–Crippen LogP) is 6.52. The van der Waals surface area contributed by atoms with Gasteiger partial charge in [0.2, 0.25) is 5.91 Å². The highest BCUT2D eigenvalue weighted by molar-refractivity contribution is 5.85. The standard InChI is InChI=1S/C28H31F7N4O2.ClH/c1-15-10-20(29)4-5-21(15)23-14-26(7-6-22(37-26)24(36)40)8-9-39(23)25(41)38(3)16(2)17-11-18(27(30,31)32)13-19(12-17)28(33,34)35;/h4-5,10-13,16,22-23,37H,6-9,14H2,1-3H3,(H2,36,40);1H/t16-,22+,23+,26-;/m0./s1. The number of carbonyl (C=O) groups is 2. The van der Waals surface area contributed by atoms with Crippen LogP contribution >= 0.6 is 12.4 Å². The summed E-state index contributed by atoms with van der Waals surface area (Å²) in [7, 11) is 1.32. The van der Waals surface area contributed by atoms with Crippen molar-refractivity contribution in [3.63, 3.8) is 0 Å². The molecule has 0 aromatic heterocycles. The lowest BCUT2D eigenvalue weighted by Crippen LogP contribution is -2.57. The first-order valence-electron chi connectivity index (χ1n) is 13.1. The number of amides is 3. The van der Waals surface area contributed by atoms with Gasteiger partial charge in [0.15, 0.2) is 0 Å². The van der Waals surface area contributed by atoms with Crippen LogP contribution in [0.1, 0.15) is 72.5 Å². The number of nitrogens with two attached hydrogens (primary N) is 1. The minimum Gasteiger partial charge on any atom is -0.368 e. The SMILES string of the molecule is Cc1cc(F)ccc1[C@H]1C[C@]2(CC[C@H](C(N)=O)N2)CCN1C(=O)N(C)[C@@H](C)c1cc(C(F)(F)F)cc(C(F)(F)F)c1.Cl. The van der Waals surface area contributed by atoms with Gasteiger partial charge in [0, 0.05) is 19.1 Å².